The van der Waals surface area contributed by atoms with Crippen molar-refractivity contribution >= 4 is 35.1 Å². The molecule has 1 saturated heterocycles. The number of carboxylic acid groups (broad SMARTS) is 1. The number of imide groups is 1. The van der Waals surface area contributed by atoms with E-state index in [0.717, 1.165) is 4.90 Å². The van der Waals surface area contributed by atoms with Gasteiger partial charge in [-0.2, -0.15) is 0 Å². The molecule has 1 N–H and O–H groups in total. The molecule has 2 amide bonds. The lowest BCUT2D eigenvalue weighted by Crippen LogP contribution is -2.43. The highest BCUT2D eigenvalue weighted by atomic mass is 35.5. The number of halogens is 1. The number of rotatable bonds is 2. The summed E-state index contributed by atoms with van der Waals surface area (Å²) in [7, 11) is 0. The number of nitrogens with zero attached hydrogens (tertiary/aromatic N) is 1. The Morgan fingerprint density at radius 2 is 1.89 bits per heavy atom. The molecule has 1 heterocycles. The van der Waals surface area contributed by atoms with E-state index in [0.29, 0.717) is 0 Å². The molecule has 0 bridgehead atoms. The molecule has 0 radical (unpaired) electrons. The fraction of sp³-hybridized carbons (Fsp3) is 0.308. The number of carboxylic acids is 1. The average molecular weight is 282 g/mol. The van der Waals surface area contributed by atoms with Gasteiger partial charge in [0, 0.05) is 17.9 Å². The summed E-state index contributed by atoms with van der Waals surface area (Å²) in [5.74, 6) is -2.00. The van der Waals surface area contributed by atoms with E-state index in [1.165, 1.54) is 18.2 Å². The molecule has 1 fully saturated rings. The first kappa shape index (κ1) is 13.5. The summed E-state index contributed by atoms with van der Waals surface area (Å²) in [6.45, 7) is 1.81. The second-order valence-corrected chi connectivity index (χ2v) is 5.04. The Bertz CT molecular complexity index is 552. The van der Waals surface area contributed by atoms with Gasteiger partial charge in [0.05, 0.1) is 11.3 Å². The van der Waals surface area contributed by atoms with Gasteiger partial charge in [0.15, 0.2) is 0 Å². The molecule has 5 nitrogen and oxygen atoms in total. The van der Waals surface area contributed by atoms with E-state index in [1.807, 2.05) is 6.92 Å². The summed E-state index contributed by atoms with van der Waals surface area (Å²) in [5.41, 5.74) is -0.0671. The van der Waals surface area contributed by atoms with E-state index in [9.17, 15) is 14.4 Å². The minimum atomic E-state index is -1.23. The van der Waals surface area contributed by atoms with E-state index in [2.05, 4.69) is 0 Å². The number of carbonyl (C=O) groups excluding carboxylic acids is 2. The first-order chi connectivity index (χ1) is 8.90. The molecule has 0 saturated carbocycles. The van der Waals surface area contributed by atoms with Crippen molar-refractivity contribution in [2.45, 2.75) is 19.8 Å². The molecule has 0 aliphatic carbocycles. The van der Waals surface area contributed by atoms with Gasteiger partial charge in [-0.25, -0.2) is 9.69 Å². The average Bonchev–Trinajstić information content (AvgIpc) is 2.29. The number of amides is 2. The quantitative estimate of drug-likeness (QED) is 0.844. The van der Waals surface area contributed by atoms with Crippen molar-refractivity contribution in [2.75, 3.05) is 4.90 Å². The van der Waals surface area contributed by atoms with E-state index in [1.54, 1.807) is 0 Å². The van der Waals surface area contributed by atoms with Crippen LogP contribution in [0.1, 0.15) is 30.1 Å². The van der Waals surface area contributed by atoms with Crippen LogP contribution in [0.15, 0.2) is 18.2 Å². The Labute approximate surface area is 114 Å². The highest BCUT2D eigenvalue weighted by Crippen LogP contribution is 2.29. The van der Waals surface area contributed by atoms with Gasteiger partial charge in [-0.3, -0.25) is 9.59 Å². The minimum Gasteiger partial charge on any atom is -0.478 e. The van der Waals surface area contributed by atoms with Crippen molar-refractivity contribution in [1.29, 1.82) is 0 Å². The van der Waals surface area contributed by atoms with Gasteiger partial charge in [0.25, 0.3) is 0 Å². The van der Waals surface area contributed by atoms with Gasteiger partial charge in [-0.15, -0.1) is 0 Å². The summed E-state index contributed by atoms with van der Waals surface area (Å²) >= 11 is 5.74. The normalized spacial score (nSPS) is 16.8. The third-order valence-electron chi connectivity index (χ3n) is 2.97. The van der Waals surface area contributed by atoms with Crippen molar-refractivity contribution < 1.29 is 19.5 Å². The number of hydrogen-bond acceptors (Lipinski definition) is 3. The number of piperidine rings is 1. The lowest BCUT2D eigenvalue weighted by atomic mass is 9.96. The van der Waals surface area contributed by atoms with Crippen molar-refractivity contribution in [1.82, 2.24) is 0 Å². The maximum absolute atomic E-state index is 12.0. The highest BCUT2D eigenvalue weighted by Gasteiger charge is 2.33. The lowest BCUT2D eigenvalue weighted by Gasteiger charge is -2.29. The molecule has 19 heavy (non-hydrogen) atoms. The zero-order chi connectivity index (χ0) is 14.2. The van der Waals surface area contributed by atoms with Crippen LogP contribution in [0.25, 0.3) is 0 Å². The first-order valence-corrected chi connectivity index (χ1v) is 6.16. The molecule has 0 atom stereocenters. The molecular formula is C13H12ClNO4. The molecule has 0 spiro atoms. The van der Waals surface area contributed by atoms with Gasteiger partial charge in [-0.1, -0.05) is 18.5 Å². The van der Waals surface area contributed by atoms with Crippen LogP contribution in [0.5, 0.6) is 0 Å². The first-order valence-electron chi connectivity index (χ1n) is 5.78. The summed E-state index contributed by atoms with van der Waals surface area (Å²) in [6, 6.07) is 4.08. The fourth-order valence-corrected chi connectivity index (χ4v) is 2.31. The molecule has 1 aliphatic rings. The van der Waals surface area contributed by atoms with Gasteiger partial charge in [0.2, 0.25) is 11.8 Å². The molecule has 1 aliphatic heterocycles. The van der Waals surface area contributed by atoms with E-state index >= 15 is 0 Å². The van der Waals surface area contributed by atoms with E-state index in [4.69, 9.17) is 16.7 Å². The Hall–Kier alpha value is -1.88. The zero-order valence-electron chi connectivity index (χ0n) is 10.2. The number of aromatic carboxylic acids is 1. The van der Waals surface area contributed by atoms with Crippen LogP contribution in [0, 0.1) is 5.92 Å². The Morgan fingerprint density at radius 1 is 1.32 bits per heavy atom. The predicted molar refractivity (Wildman–Crippen MR) is 69.3 cm³/mol. The van der Waals surface area contributed by atoms with E-state index < -0.39 is 5.97 Å². The Kier molecular flexibility index (Phi) is 3.57. The van der Waals surface area contributed by atoms with E-state index in [-0.39, 0.29) is 46.8 Å². The monoisotopic (exact) mass is 281 g/mol. The molecule has 1 aromatic rings. The minimum absolute atomic E-state index is 0.0168. The van der Waals surface area contributed by atoms with Crippen LogP contribution in [0.2, 0.25) is 5.02 Å². The molecule has 100 valence electrons. The molecular weight excluding hydrogens is 270 g/mol. The molecule has 1 aromatic carbocycles. The topological polar surface area (TPSA) is 74.7 Å². The third kappa shape index (κ3) is 2.61. The number of carbonyl (C=O) groups is 3. The summed E-state index contributed by atoms with van der Waals surface area (Å²) in [6.07, 6.45) is 0.459. The Morgan fingerprint density at radius 3 is 2.42 bits per heavy atom. The molecule has 0 unspecified atom stereocenters. The summed E-state index contributed by atoms with van der Waals surface area (Å²) < 4.78 is 0. The fourth-order valence-electron chi connectivity index (χ4n) is 2.13. The second-order valence-electron chi connectivity index (χ2n) is 4.60. The Balaban J connectivity index is 2.49. The number of hydrogen-bond donors (Lipinski definition) is 1. The van der Waals surface area contributed by atoms with Crippen LogP contribution in [-0.4, -0.2) is 22.9 Å². The van der Waals surface area contributed by atoms with Crippen LogP contribution in [0.3, 0.4) is 0 Å². The second kappa shape index (κ2) is 5.01. The predicted octanol–water partition coefficient (Wildman–Crippen LogP) is 2.33. The largest absolute Gasteiger partial charge is 0.478 e. The van der Waals surface area contributed by atoms with Gasteiger partial charge >= 0.3 is 5.97 Å². The van der Waals surface area contributed by atoms with Crippen molar-refractivity contribution in [3.63, 3.8) is 0 Å². The SMILES string of the molecule is CC1CC(=O)N(c2ccc(Cl)cc2C(=O)O)C(=O)C1. The molecule has 0 aromatic heterocycles. The van der Waals surface area contributed by atoms with Crippen molar-refractivity contribution in [2.24, 2.45) is 5.92 Å². The molecule has 6 heteroatoms. The maximum Gasteiger partial charge on any atom is 0.337 e. The number of benzene rings is 1. The van der Waals surface area contributed by atoms with Crippen molar-refractivity contribution in [3.8, 4) is 0 Å². The van der Waals surface area contributed by atoms with Gasteiger partial charge in [-0.05, 0) is 24.1 Å². The summed E-state index contributed by atoms with van der Waals surface area (Å²) in [5, 5.41) is 9.38. The van der Waals surface area contributed by atoms with Crippen LogP contribution in [0.4, 0.5) is 5.69 Å². The van der Waals surface area contributed by atoms with Crippen LogP contribution in [-0.2, 0) is 9.59 Å². The van der Waals surface area contributed by atoms with Crippen LogP contribution < -0.4 is 4.90 Å². The highest BCUT2D eigenvalue weighted by molar-refractivity contribution is 6.31. The smallest absolute Gasteiger partial charge is 0.337 e. The summed E-state index contributed by atoms with van der Waals surface area (Å²) in [4.78, 5) is 36.0. The number of anilines is 1. The van der Waals surface area contributed by atoms with Crippen LogP contribution >= 0.6 is 11.6 Å². The molecule has 2 rings (SSSR count). The zero-order valence-corrected chi connectivity index (χ0v) is 11.0. The maximum atomic E-state index is 12.0. The van der Waals surface area contributed by atoms with Gasteiger partial charge < -0.3 is 5.11 Å². The lowest BCUT2D eigenvalue weighted by molar-refractivity contribution is -0.130. The van der Waals surface area contributed by atoms with Crippen molar-refractivity contribution in [3.05, 3.63) is 28.8 Å². The standard InChI is InChI=1S/C13H12ClNO4/c1-7-4-11(16)15(12(17)5-7)10-3-2-8(14)6-9(10)13(18)19/h2-3,6-7H,4-5H2,1H3,(H,18,19). The van der Waals surface area contributed by atoms with Gasteiger partial charge in [0.1, 0.15) is 0 Å². The third-order valence-corrected chi connectivity index (χ3v) is 3.21.